The average Bonchev–Trinajstić information content (AvgIpc) is 3.04. The van der Waals surface area contributed by atoms with E-state index in [4.69, 9.17) is 9.97 Å². The third kappa shape index (κ3) is 3.92. The minimum atomic E-state index is 0.793. The van der Waals surface area contributed by atoms with E-state index >= 15 is 0 Å². The first-order valence-electron chi connectivity index (χ1n) is 9.18. The standard InChI is InChI=1S/C20H22BrN3S2/c1-2-11-22-19-18-15-5-3-4-6-16(15)26-20(18)24-17(23-19)12-25-14-9-7-13(21)8-10-14/h7-10H,2-6,11-12H2,1H3,(H,22,23,24). The molecule has 0 saturated heterocycles. The number of aryl methyl sites for hydroxylation is 2. The van der Waals surface area contributed by atoms with Gasteiger partial charge in [-0.15, -0.1) is 23.1 Å². The van der Waals surface area contributed by atoms with Crippen molar-refractivity contribution in [3.63, 3.8) is 0 Å². The number of hydrogen-bond acceptors (Lipinski definition) is 5. The number of nitrogens with zero attached hydrogens (tertiary/aromatic N) is 2. The minimum absolute atomic E-state index is 0.793. The smallest absolute Gasteiger partial charge is 0.142 e. The molecule has 136 valence electrons. The summed E-state index contributed by atoms with van der Waals surface area (Å²) in [5.74, 6) is 2.76. The summed E-state index contributed by atoms with van der Waals surface area (Å²) in [6, 6.07) is 8.42. The molecule has 1 aromatic carbocycles. The fraction of sp³-hybridized carbons (Fsp3) is 0.400. The fourth-order valence-electron chi connectivity index (χ4n) is 3.32. The van der Waals surface area contributed by atoms with E-state index < -0.39 is 0 Å². The number of thioether (sulfide) groups is 1. The van der Waals surface area contributed by atoms with Crippen molar-refractivity contribution in [2.24, 2.45) is 0 Å². The Kier molecular flexibility index (Phi) is 5.81. The van der Waals surface area contributed by atoms with Gasteiger partial charge in [-0.1, -0.05) is 22.9 Å². The number of fused-ring (bicyclic) bond motifs is 3. The van der Waals surface area contributed by atoms with Crippen molar-refractivity contribution in [2.75, 3.05) is 11.9 Å². The van der Waals surface area contributed by atoms with Crippen molar-refractivity contribution in [1.29, 1.82) is 0 Å². The van der Waals surface area contributed by atoms with Crippen molar-refractivity contribution >= 4 is 55.1 Å². The molecule has 1 N–H and O–H groups in total. The van der Waals surface area contributed by atoms with Crippen LogP contribution >= 0.6 is 39.0 Å². The van der Waals surface area contributed by atoms with Crippen LogP contribution in [0.1, 0.15) is 42.5 Å². The second kappa shape index (κ2) is 8.28. The molecule has 0 aliphatic heterocycles. The molecule has 0 spiro atoms. The van der Waals surface area contributed by atoms with Crippen LogP contribution in [0.2, 0.25) is 0 Å². The lowest BCUT2D eigenvalue weighted by Crippen LogP contribution is -2.07. The summed E-state index contributed by atoms with van der Waals surface area (Å²) in [7, 11) is 0. The van der Waals surface area contributed by atoms with Crippen LogP contribution in [0.4, 0.5) is 5.82 Å². The van der Waals surface area contributed by atoms with Gasteiger partial charge in [0.05, 0.1) is 11.1 Å². The molecule has 0 unspecified atom stereocenters. The number of hydrogen-bond donors (Lipinski definition) is 1. The molecule has 2 heterocycles. The highest BCUT2D eigenvalue weighted by Gasteiger charge is 2.21. The zero-order valence-electron chi connectivity index (χ0n) is 14.8. The van der Waals surface area contributed by atoms with Gasteiger partial charge in [0.2, 0.25) is 0 Å². The van der Waals surface area contributed by atoms with E-state index in [0.29, 0.717) is 0 Å². The molecule has 3 aromatic rings. The number of aromatic nitrogens is 2. The molecule has 0 amide bonds. The Hall–Kier alpha value is -1.11. The normalized spacial score (nSPS) is 13.8. The quantitative estimate of drug-likeness (QED) is 0.440. The van der Waals surface area contributed by atoms with E-state index in [2.05, 4.69) is 52.4 Å². The first kappa shape index (κ1) is 18.3. The summed E-state index contributed by atoms with van der Waals surface area (Å²) >= 11 is 7.16. The largest absolute Gasteiger partial charge is 0.369 e. The van der Waals surface area contributed by atoms with Gasteiger partial charge in [0.25, 0.3) is 0 Å². The highest BCUT2D eigenvalue weighted by atomic mass is 79.9. The van der Waals surface area contributed by atoms with E-state index in [1.807, 2.05) is 11.3 Å². The molecule has 0 saturated carbocycles. The lowest BCUT2D eigenvalue weighted by Gasteiger charge is -2.13. The Morgan fingerprint density at radius 1 is 1.15 bits per heavy atom. The average molecular weight is 448 g/mol. The van der Waals surface area contributed by atoms with E-state index in [9.17, 15) is 0 Å². The minimum Gasteiger partial charge on any atom is -0.369 e. The first-order valence-corrected chi connectivity index (χ1v) is 11.8. The maximum atomic E-state index is 4.92. The zero-order valence-corrected chi connectivity index (χ0v) is 18.1. The van der Waals surface area contributed by atoms with E-state index in [0.717, 1.165) is 39.7 Å². The van der Waals surface area contributed by atoms with Crippen LogP contribution < -0.4 is 5.32 Å². The maximum absolute atomic E-state index is 4.92. The van der Waals surface area contributed by atoms with Crippen LogP contribution in [-0.2, 0) is 18.6 Å². The van der Waals surface area contributed by atoms with Gasteiger partial charge in [-0.05, 0) is 61.9 Å². The summed E-state index contributed by atoms with van der Waals surface area (Å²) in [6.45, 7) is 3.15. The molecule has 1 aliphatic carbocycles. The molecule has 6 heteroatoms. The predicted molar refractivity (Wildman–Crippen MR) is 117 cm³/mol. The lowest BCUT2D eigenvalue weighted by molar-refractivity contribution is 0.700. The van der Waals surface area contributed by atoms with Gasteiger partial charge in [-0.3, -0.25) is 0 Å². The van der Waals surface area contributed by atoms with Crippen molar-refractivity contribution in [3.05, 3.63) is 45.0 Å². The number of benzene rings is 1. The molecule has 4 rings (SSSR count). The van der Waals surface area contributed by atoms with Crippen LogP contribution in [-0.4, -0.2) is 16.5 Å². The molecule has 26 heavy (non-hydrogen) atoms. The highest BCUT2D eigenvalue weighted by Crippen LogP contribution is 2.39. The Morgan fingerprint density at radius 2 is 1.96 bits per heavy atom. The summed E-state index contributed by atoms with van der Waals surface area (Å²) in [4.78, 5) is 13.8. The topological polar surface area (TPSA) is 37.8 Å². The Morgan fingerprint density at radius 3 is 2.77 bits per heavy atom. The third-order valence-corrected chi connectivity index (χ3v) is 7.31. The van der Waals surface area contributed by atoms with Crippen molar-refractivity contribution < 1.29 is 0 Å². The summed E-state index contributed by atoms with van der Waals surface area (Å²) in [5.41, 5.74) is 1.50. The number of thiophene rings is 1. The molecule has 3 nitrogen and oxygen atoms in total. The lowest BCUT2D eigenvalue weighted by atomic mass is 9.97. The molecule has 0 fully saturated rings. The molecular weight excluding hydrogens is 426 g/mol. The number of rotatable bonds is 6. The number of halogens is 1. The van der Waals surface area contributed by atoms with Gasteiger partial charge in [-0.25, -0.2) is 9.97 Å². The first-order chi connectivity index (χ1) is 12.7. The Bertz CT molecular complexity index is 906. The van der Waals surface area contributed by atoms with Gasteiger partial charge < -0.3 is 5.32 Å². The molecule has 0 radical (unpaired) electrons. The maximum Gasteiger partial charge on any atom is 0.142 e. The summed E-state index contributed by atoms with van der Waals surface area (Å²) < 4.78 is 1.11. The predicted octanol–water partition coefficient (Wildman–Crippen LogP) is 6.45. The Balaban J connectivity index is 1.65. The zero-order chi connectivity index (χ0) is 17.9. The second-order valence-electron chi connectivity index (χ2n) is 6.55. The van der Waals surface area contributed by atoms with Crippen LogP contribution in [0.25, 0.3) is 10.2 Å². The molecular formula is C20H22BrN3S2. The van der Waals surface area contributed by atoms with Gasteiger partial charge in [0.1, 0.15) is 16.5 Å². The SMILES string of the molecule is CCCNc1nc(CSc2ccc(Br)cc2)nc2sc3c(c12)CCCC3. The van der Waals surface area contributed by atoms with Crippen LogP contribution in [0.3, 0.4) is 0 Å². The van der Waals surface area contributed by atoms with Crippen LogP contribution in [0, 0.1) is 0 Å². The van der Waals surface area contributed by atoms with Crippen molar-refractivity contribution in [3.8, 4) is 0 Å². The molecule has 0 atom stereocenters. The van der Waals surface area contributed by atoms with E-state index in [1.54, 1.807) is 11.8 Å². The third-order valence-electron chi connectivity index (χ3n) is 4.59. The van der Waals surface area contributed by atoms with Gasteiger partial charge in [0.15, 0.2) is 0 Å². The summed E-state index contributed by atoms with van der Waals surface area (Å²) in [5, 5.41) is 4.85. The van der Waals surface area contributed by atoms with Gasteiger partial charge in [0, 0.05) is 20.8 Å². The van der Waals surface area contributed by atoms with Crippen LogP contribution in [0.15, 0.2) is 33.6 Å². The fourth-order valence-corrected chi connectivity index (χ4v) is 5.61. The van der Waals surface area contributed by atoms with Crippen LogP contribution in [0.5, 0.6) is 0 Å². The monoisotopic (exact) mass is 447 g/mol. The van der Waals surface area contributed by atoms with E-state index in [1.165, 1.54) is 46.4 Å². The summed E-state index contributed by atoms with van der Waals surface area (Å²) in [6.07, 6.45) is 6.06. The second-order valence-corrected chi connectivity index (χ2v) is 9.60. The number of anilines is 1. The number of nitrogens with one attached hydrogen (secondary N) is 1. The molecule has 2 aromatic heterocycles. The van der Waals surface area contributed by atoms with Gasteiger partial charge in [-0.2, -0.15) is 0 Å². The Labute approximate surface area is 171 Å². The van der Waals surface area contributed by atoms with E-state index in [-0.39, 0.29) is 0 Å². The van der Waals surface area contributed by atoms with Crippen molar-refractivity contribution in [1.82, 2.24) is 9.97 Å². The highest BCUT2D eigenvalue weighted by molar-refractivity contribution is 9.10. The molecule has 1 aliphatic rings. The molecule has 0 bridgehead atoms. The van der Waals surface area contributed by atoms with Crippen molar-refractivity contribution in [2.45, 2.75) is 49.7 Å². The van der Waals surface area contributed by atoms with Gasteiger partial charge >= 0.3 is 0 Å².